The van der Waals surface area contributed by atoms with E-state index in [9.17, 15) is 4.79 Å². The maximum atomic E-state index is 12.4. The number of fused-ring (bicyclic) bond motifs is 1. The lowest BCUT2D eigenvalue weighted by atomic mass is 10.0. The molecule has 6 heteroatoms. The van der Waals surface area contributed by atoms with Crippen LogP contribution in [0.1, 0.15) is 24.2 Å². The number of pyridine rings is 1. The lowest BCUT2D eigenvalue weighted by Crippen LogP contribution is -2.47. The van der Waals surface area contributed by atoms with Gasteiger partial charge in [0.15, 0.2) is 0 Å². The molecule has 0 atom stereocenters. The average molecular weight is 359 g/mol. The number of aryl methyl sites for hydroxylation is 1. The first-order valence-electron chi connectivity index (χ1n) is 9.23. The molecule has 0 bridgehead atoms. The summed E-state index contributed by atoms with van der Waals surface area (Å²) in [6.07, 6.45) is 2.46. The van der Waals surface area contributed by atoms with E-state index in [0.717, 1.165) is 42.7 Å². The van der Waals surface area contributed by atoms with Gasteiger partial charge in [-0.3, -0.25) is 19.0 Å². The Morgan fingerprint density at radius 3 is 2.68 bits per heavy atom. The predicted molar refractivity (Wildman–Crippen MR) is 103 cm³/mol. The third-order valence-corrected chi connectivity index (χ3v) is 6.38. The van der Waals surface area contributed by atoms with Crippen molar-refractivity contribution >= 4 is 17.4 Å². The van der Waals surface area contributed by atoms with Crippen LogP contribution in [0.5, 0.6) is 0 Å². The number of likely N-dealkylation sites (tertiary alicyclic amines) is 1. The molecule has 0 amide bonds. The van der Waals surface area contributed by atoms with Gasteiger partial charge in [-0.05, 0) is 31.9 Å². The van der Waals surface area contributed by atoms with Gasteiger partial charge in [0, 0.05) is 62.0 Å². The zero-order chi connectivity index (χ0) is 17.2. The molecule has 5 nitrogen and oxygen atoms in total. The normalized spacial score (nSPS) is 21.0. The van der Waals surface area contributed by atoms with Crippen molar-refractivity contribution < 1.29 is 0 Å². The maximum absolute atomic E-state index is 12.4. The molecule has 0 aromatic carbocycles. The molecule has 0 unspecified atom stereocenters. The summed E-state index contributed by atoms with van der Waals surface area (Å²) >= 11 is 2.08. The third kappa shape index (κ3) is 3.76. The summed E-state index contributed by atoms with van der Waals surface area (Å²) in [6.45, 7) is 7.42. The van der Waals surface area contributed by atoms with Crippen molar-refractivity contribution in [3.8, 4) is 0 Å². The second kappa shape index (κ2) is 7.48. The highest BCUT2D eigenvalue weighted by Crippen LogP contribution is 2.21. The van der Waals surface area contributed by atoms with E-state index in [1.165, 1.54) is 37.4 Å². The van der Waals surface area contributed by atoms with E-state index in [1.807, 2.05) is 25.1 Å². The van der Waals surface area contributed by atoms with Crippen LogP contribution >= 0.6 is 11.8 Å². The average Bonchev–Trinajstić information content (AvgIpc) is 2.63. The Morgan fingerprint density at radius 2 is 1.92 bits per heavy atom. The smallest absolute Gasteiger partial charge is 0.258 e. The van der Waals surface area contributed by atoms with Gasteiger partial charge < -0.3 is 0 Å². The van der Waals surface area contributed by atoms with Crippen LogP contribution in [0.3, 0.4) is 0 Å². The summed E-state index contributed by atoms with van der Waals surface area (Å²) in [6, 6.07) is 8.27. The van der Waals surface area contributed by atoms with Crippen molar-refractivity contribution in [1.29, 1.82) is 0 Å². The first-order valence-corrected chi connectivity index (χ1v) is 10.4. The van der Waals surface area contributed by atoms with Gasteiger partial charge in [0.1, 0.15) is 5.65 Å². The summed E-state index contributed by atoms with van der Waals surface area (Å²) in [7, 11) is 0. The molecule has 4 heterocycles. The van der Waals surface area contributed by atoms with E-state index in [-0.39, 0.29) is 5.56 Å². The van der Waals surface area contributed by atoms with E-state index in [1.54, 1.807) is 10.5 Å². The molecule has 2 aromatic heterocycles. The van der Waals surface area contributed by atoms with Crippen molar-refractivity contribution in [1.82, 2.24) is 19.2 Å². The number of hydrogen-bond donors (Lipinski definition) is 0. The molecule has 0 N–H and O–H groups in total. The summed E-state index contributed by atoms with van der Waals surface area (Å²) in [5.41, 5.74) is 2.60. The number of thioether (sulfide) groups is 1. The fourth-order valence-electron chi connectivity index (χ4n) is 4.06. The highest BCUT2D eigenvalue weighted by Gasteiger charge is 2.25. The number of hydrogen-bond acceptors (Lipinski definition) is 5. The fraction of sp³-hybridized carbons (Fsp3) is 0.579. The van der Waals surface area contributed by atoms with Crippen LogP contribution < -0.4 is 5.56 Å². The summed E-state index contributed by atoms with van der Waals surface area (Å²) in [5.74, 6) is 2.56. The van der Waals surface area contributed by atoms with Gasteiger partial charge in [-0.2, -0.15) is 11.8 Å². The predicted octanol–water partition coefficient (Wildman–Crippen LogP) is 2.02. The monoisotopic (exact) mass is 358 g/mol. The lowest BCUT2D eigenvalue weighted by Gasteiger charge is -2.40. The molecule has 2 aliphatic rings. The number of piperidine rings is 1. The van der Waals surface area contributed by atoms with Crippen molar-refractivity contribution in [2.24, 2.45) is 0 Å². The molecule has 0 spiro atoms. The summed E-state index contributed by atoms with van der Waals surface area (Å²) in [4.78, 5) is 22.2. The van der Waals surface area contributed by atoms with Crippen LogP contribution in [-0.4, -0.2) is 62.9 Å². The van der Waals surface area contributed by atoms with Gasteiger partial charge in [-0.25, -0.2) is 4.98 Å². The van der Waals surface area contributed by atoms with E-state index in [2.05, 4.69) is 21.6 Å². The Hall–Kier alpha value is -1.37. The van der Waals surface area contributed by atoms with Crippen molar-refractivity contribution in [2.75, 3.05) is 37.7 Å². The van der Waals surface area contributed by atoms with Crippen LogP contribution in [0, 0.1) is 6.92 Å². The largest absolute Gasteiger partial charge is 0.299 e. The molecule has 2 fully saturated rings. The van der Waals surface area contributed by atoms with Gasteiger partial charge in [0.05, 0.1) is 5.69 Å². The Labute approximate surface area is 153 Å². The van der Waals surface area contributed by atoms with Crippen molar-refractivity contribution in [2.45, 2.75) is 32.4 Å². The minimum absolute atomic E-state index is 0.0267. The van der Waals surface area contributed by atoms with Crippen LogP contribution in [-0.2, 0) is 6.54 Å². The van der Waals surface area contributed by atoms with Crippen molar-refractivity contribution in [3.05, 3.63) is 46.0 Å². The number of rotatable bonds is 3. The molecule has 134 valence electrons. The molecule has 2 saturated heterocycles. The molecule has 0 saturated carbocycles. The zero-order valence-corrected chi connectivity index (χ0v) is 15.7. The topological polar surface area (TPSA) is 40.9 Å². The molecule has 4 rings (SSSR count). The fourth-order valence-corrected chi connectivity index (χ4v) is 4.99. The van der Waals surface area contributed by atoms with Crippen LogP contribution in [0.25, 0.3) is 5.65 Å². The third-order valence-electron chi connectivity index (χ3n) is 5.44. The maximum Gasteiger partial charge on any atom is 0.258 e. The zero-order valence-electron chi connectivity index (χ0n) is 14.9. The molecule has 2 aliphatic heterocycles. The molecule has 25 heavy (non-hydrogen) atoms. The minimum atomic E-state index is 0.0267. The minimum Gasteiger partial charge on any atom is -0.299 e. The van der Waals surface area contributed by atoms with Gasteiger partial charge >= 0.3 is 0 Å². The van der Waals surface area contributed by atoms with Crippen LogP contribution in [0.4, 0.5) is 0 Å². The quantitative estimate of drug-likeness (QED) is 0.840. The Kier molecular flexibility index (Phi) is 5.10. The molecule has 0 aliphatic carbocycles. The molecular formula is C19H26N4OS. The Balaban J connectivity index is 1.41. The van der Waals surface area contributed by atoms with Crippen LogP contribution in [0.15, 0.2) is 29.1 Å². The van der Waals surface area contributed by atoms with E-state index in [0.29, 0.717) is 0 Å². The Bertz CT molecular complexity index is 792. The van der Waals surface area contributed by atoms with Gasteiger partial charge in [-0.1, -0.05) is 6.07 Å². The highest BCUT2D eigenvalue weighted by atomic mass is 32.2. The molecule has 0 radical (unpaired) electrons. The highest BCUT2D eigenvalue weighted by molar-refractivity contribution is 7.99. The lowest BCUT2D eigenvalue weighted by molar-refractivity contribution is 0.112. The van der Waals surface area contributed by atoms with Gasteiger partial charge in [0.25, 0.3) is 5.56 Å². The molecule has 2 aromatic rings. The van der Waals surface area contributed by atoms with Gasteiger partial charge in [0.2, 0.25) is 0 Å². The number of nitrogens with zero attached hydrogens (tertiary/aromatic N) is 4. The first kappa shape index (κ1) is 17.1. The van der Waals surface area contributed by atoms with Crippen molar-refractivity contribution in [3.63, 3.8) is 0 Å². The second-order valence-corrected chi connectivity index (χ2v) is 8.33. The summed E-state index contributed by atoms with van der Waals surface area (Å²) < 4.78 is 1.68. The first-order chi connectivity index (χ1) is 12.2. The molecular weight excluding hydrogens is 332 g/mol. The number of aromatic nitrogens is 2. The SMILES string of the molecule is Cc1cccc2nc(CN3CCC(N4CCSCC4)CC3)cc(=O)n12. The van der Waals surface area contributed by atoms with E-state index in [4.69, 9.17) is 4.98 Å². The van der Waals surface area contributed by atoms with E-state index < -0.39 is 0 Å². The van der Waals surface area contributed by atoms with Crippen LogP contribution in [0.2, 0.25) is 0 Å². The van der Waals surface area contributed by atoms with Gasteiger partial charge in [-0.15, -0.1) is 0 Å². The summed E-state index contributed by atoms with van der Waals surface area (Å²) in [5, 5.41) is 0. The Morgan fingerprint density at radius 1 is 1.16 bits per heavy atom. The standard InChI is InChI=1S/C19H26N4OS/c1-15-3-2-4-18-20-16(13-19(24)23(15)18)14-21-7-5-17(6-8-21)22-9-11-25-12-10-22/h2-4,13,17H,5-12,14H2,1H3. The second-order valence-electron chi connectivity index (χ2n) is 7.10. The van der Waals surface area contributed by atoms with E-state index >= 15 is 0 Å².